The van der Waals surface area contributed by atoms with Crippen molar-refractivity contribution in [3.8, 4) is 6.07 Å². The Morgan fingerprint density at radius 2 is 1.89 bits per heavy atom. The van der Waals surface area contributed by atoms with E-state index in [1.54, 1.807) is 12.1 Å². The average molecular weight is 251 g/mol. The minimum Gasteiger partial charge on any atom is -0.397 e. The maximum absolute atomic E-state index is 8.80. The van der Waals surface area contributed by atoms with Crippen LogP contribution in [0.2, 0.25) is 0 Å². The zero-order valence-corrected chi connectivity index (χ0v) is 11.0. The molecule has 0 aromatic heterocycles. The van der Waals surface area contributed by atoms with Crippen LogP contribution < -0.4 is 11.1 Å². The first kappa shape index (κ1) is 13.0. The van der Waals surface area contributed by atoms with Crippen LogP contribution in [0.1, 0.15) is 24.5 Å². The summed E-state index contributed by atoms with van der Waals surface area (Å²) in [6.45, 7) is 2.17. The second-order valence-corrected chi connectivity index (χ2v) is 4.49. The van der Waals surface area contributed by atoms with Gasteiger partial charge in [-0.3, -0.25) is 0 Å². The smallest absolute Gasteiger partial charge is 0.0992 e. The summed E-state index contributed by atoms with van der Waals surface area (Å²) in [6, 6.07) is 15.7. The zero-order valence-electron chi connectivity index (χ0n) is 11.0. The first-order valence-electron chi connectivity index (χ1n) is 6.38. The summed E-state index contributed by atoms with van der Waals surface area (Å²) in [7, 11) is 0. The molecule has 2 aromatic rings. The molecular formula is C16H17N3. The Balaban J connectivity index is 2.15. The molecule has 0 aliphatic heterocycles. The molecule has 0 saturated carbocycles. The molecule has 0 amide bonds. The van der Waals surface area contributed by atoms with E-state index < -0.39 is 0 Å². The van der Waals surface area contributed by atoms with Crippen LogP contribution in [0.5, 0.6) is 0 Å². The number of aryl methyl sites for hydroxylation is 1. The summed E-state index contributed by atoms with van der Waals surface area (Å²) in [5.41, 5.74) is 10.2. The molecule has 3 N–H and O–H groups in total. The van der Waals surface area contributed by atoms with Crippen LogP contribution in [0, 0.1) is 11.3 Å². The number of nitrogens with zero attached hydrogens (tertiary/aromatic N) is 1. The molecule has 96 valence electrons. The standard InChI is InChI=1S/C16H17N3/c1-2-3-12-4-7-14(8-5-12)19-16-9-6-13(11-17)10-15(16)18/h4-10,19H,2-3,18H2,1H3. The highest BCUT2D eigenvalue weighted by Gasteiger charge is 2.01. The van der Waals surface area contributed by atoms with E-state index in [2.05, 4.69) is 30.4 Å². The molecule has 0 bridgehead atoms. The number of nitrogens with two attached hydrogens (primary N) is 1. The highest BCUT2D eigenvalue weighted by atomic mass is 14.9. The molecule has 0 radical (unpaired) electrons. The van der Waals surface area contributed by atoms with Gasteiger partial charge in [0.15, 0.2) is 0 Å². The van der Waals surface area contributed by atoms with Gasteiger partial charge in [0, 0.05) is 5.69 Å². The molecule has 2 aromatic carbocycles. The number of hydrogen-bond acceptors (Lipinski definition) is 3. The predicted octanol–water partition coefficient (Wildman–Crippen LogP) is 3.84. The van der Waals surface area contributed by atoms with E-state index in [1.165, 1.54) is 5.56 Å². The molecule has 0 fully saturated rings. The van der Waals surface area contributed by atoms with Gasteiger partial charge < -0.3 is 11.1 Å². The molecule has 0 atom stereocenters. The van der Waals surface area contributed by atoms with Crippen LogP contribution in [0.15, 0.2) is 42.5 Å². The Bertz CT molecular complexity index is 594. The van der Waals surface area contributed by atoms with Gasteiger partial charge in [0.25, 0.3) is 0 Å². The van der Waals surface area contributed by atoms with Gasteiger partial charge in [-0.2, -0.15) is 5.26 Å². The molecule has 2 rings (SSSR count). The lowest BCUT2D eigenvalue weighted by atomic mass is 10.1. The molecule has 0 heterocycles. The summed E-state index contributed by atoms with van der Waals surface area (Å²) in [5.74, 6) is 0. The third-order valence-corrected chi connectivity index (χ3v) is 2.95. The van der Waals surface area contributed by atoms with Crippen molar-refractivity contribution in [3.63, 3.8) is 0 Å². The summed E-state index contributed by atoms with van der Waals surface area (Å²) in [4.78, 5) is 0. The molecule has 0 aliphatic carbocycles. The fourth-order valence-electron chi connectivity index (χ4n) is 1.95. The van der Waals surface area contributed by atoms with Crippen molar-refractivity contribution in [2.45, 2.75) is 19.8 Å². The molecule has 19 heavy (non-hydrogen) atoms. The largest absolute Gasteiger partial charge is 0.397 e. The molecule has 0 unspecified atom stereocenters. The number of anilines is 3. The fraction of sp³-hybridized carbons (Fsp3) is 0.188. The maximum atomic E-state index is 8.80. The summed E-state index contributed by atoms with van der Waals surface area (Å²) in [5, 5.41) is 12.1. The molecule has 3 nitrogen and oxygen atoms in total. The molecular weight excluding hydrogens is 234 g/mol. The van der Waals surface area contributed by atoms with Crippen molar-refractivity contribution in [2.75, 3.05) is 11.1 Å². The van der Waals surface area contributed by atoms with E-state index in [0.717, 1.165) is 24.2 Å². The predicted molar refractivity (Wildman–Crippen MR) is 79.3 cm³/mol. The lowest BCUT2D eigenvalue weighted by Gasteiger charge is -2.10. The fourth-order valence-corrected chi connectivity index (χ4v) is 1.95. The van der Waals surface area contributed by atoms with Crippen molar-refractivity contribution in [1.29, 1.82) is 5.26 Å². The first-order valence-corrected chi connectivity index (χ1v) is 6.38. The van der Waals surface area contributed by atoms with E-state index in [0.29, 0.717) is 11.3 Å². The molecule has 0 spiro atoms. The van der Waals surface area contributed by atoms with Gasteiger partial charge in [0.2, 0.25) is 0 Å². The number of nitrogens with one attached hydrogen (secondary N) is 1. The topological polar surface area (TPSA) is 61.8 Å². The van der Waals surface area contributed by atoms with Gasteiger partial charge in [-0.1, -0.05) is 25.5 Å². The quantitative estimate of drug-likeness (QED) is 0.812. The lowest BCUT2D eigenvalue weighted by Crippen LogP contribution is -1.97. The second kappa shape index (κ2) is 5.92. The first-order chi connectivity index (χ1) is 9.22. The highest BCUT2D eigenvalue weighted by molar-refractivity contribution is 5.73. The van der Waals surface area contributed by atoms with Gasteiger partial charge in [0.1, 0.15) is 0 Å². The minimum absolute atomic E-state index is 0.571. The van der Waals surface area contributed by atoms with E-state index in [1.807, 2.05) is 18.2 Å². The van der Waals surface area contributed by atoms with Crippen molar-refractivity contribution in [1.82, 2.24) is 0 Å². The van der Waals surface area contributed by atoms with E-state index in [9.17, 15) is 0 Å². The molecule has 3 heteroatoms. The number of rotatable bonds is 4. The second-order valence-electron chi connectivity index (χ2n) is 4.49. The van der Waals surface area contributed by atoms with Gasteiger partial charge >= 0.3 is 0 Å². The van der Waals surface area contributed by atoms with E-state index in [4.69, 9.17) is 11.0 Å². The van der Waals surface area contributed by atoms with Crippen LogP contribution in [-0.2, 0) is 6.42 Å². The number of nitrogen functional groups attached to an aromatic ring is 1. The highest BCUT2D eigenvalue weighted by Crippen LogP contribution is 2.24. The molecule has 0 saturated heterocycles. The number of benzene rings is 2. The Morgan fingerprint density at radius 1 is 1.16 bits per heavy atom. The van der Waals surface area contributed by atoms with Crippen molar-refractivity contribution >= 4 is 17.1 Å². The number of hydrogen-bond donors (Lipinski definition) is 2. The summed E-state index contributed by atoms with van der Waals surface area (Å²) >= 11 is 0. The Kier molecular flexibility index (Phi) is 4.04. The third-order valence-electron chi connectivity index (χ3n) is 2.95. The van der Waals surface area contributed by atoms with Gasteiger partial charge in [-0.15, -0.1) is 0 Å². The summed E-state index contributed by atoms with van der Waals surface area (Å²) < 4.78 is 0. The van der Waals surface area contributed by atoms with Crippen molar-refractivity contribution in [2.24, 2.45) is 0 Å². The average Bonchev–Trinajstić information content (AvgIpc) is 2.43. The van der Waals surface area contributed by atoms with E-state index in [-0.39, 0.29) is 0 Å². The van der Waals surface area contributed by atoms with Gasteiger partial charge in [-0.05, 0) is 42.3 Å². The van der Waals surface area contributed by atoms with Crippen LogP contribution in [-0.4, -0.2) is 0 Å². The van der Waals surface area contributed by atoms with Crippen molar-refractivity contribution in [3.05, 3.63) is 53.6 Å². The zero-order chi connectivity index (χ0) is 13.7. The minimum atomic E-state index is 0.571. The van der Waals surface area contributed by atoms with Crippen molar-refractivity contribution < 1.29 is 0 Å². The monoisotopic (exact) mass is 251 g/mol. The van der Waals surface area contributed by atoms with Gasteiger partial charge in [0.05, 0.1) is 23.0 Å². The van der Waals surface area contributed by atoms with Gasteiger partial charge in [-0.25, -0.2) is 0 Å². The Hall–Kier alpha value is -2.47. The Morgan fingerprint density at radius 3 is 2.47 bits per heavy atom. The third kappa shape index (κ3) is 3.26. The van der Waals surface area contributed by atoms with Crippen LogP contribution in [0.3, 0.4) is 0 Å². The lowest BCUT2D eigenvalue weighted by molar-refractivity contribution is 0.922. The Labute approximate surface area is 113 Å². The number of nitriles is 1. The van der Waals surface area contributed by atoms with Crippen LogP contribution in [0.25, 0.3) is 0 Å². The maximum Gasteiger partial charge on any atom is 0.0992 e. The van der Waals surface area contributed by atoms with Crippen LogP contribution >= 0.6 is 0 Å². The normalized spacial score (nSPS) is 9.89. The van der Waals surface area contributed by atoms with E-state index >= 15 is 0 Å². The SMILES string of the molecule is CCCc1ccc(Nc2ccc(C#N)cc2N)cc1. The van der Waals surface area contributed by atoms with Crippen LogP contribution in [0.4, 0.5) is 17.1 Å². The summed E-state index contributed by atoms with van der Waals surface area (Å²) in [6.07, 6.45) is 2.24. The molecule has 0 aliphatic rings.